The lowest BCUT2D eigenvalue weighted by Crippen LogP contribution is -2.35. The first kappa shape index (κ1) is 14.5. The highest BCUT2D eigenvalue weighted by molar-refractivity contribution is 7.97. The second kappa shape index (κ2) is 5.75. The van der Waals surface area contributed by atoms with Gasteiger partial charge in [-0.25, -0.2) is 4.79 Å². The van der Waals surface area contributed by atoms with E-state index in [0.717, 1.165) is 37.2 Å². The molecule has 0 aliphatic carbocycles. The number of nitrogens with zero attached hydrogens (tertiary/aromatic N) is 1. The monoisotopic (exact) mass is 309 g/mol. The number of aromatic nitrogens is 1. The van der Waals surface area contributed by atoms with Gasteiger partial charge in [0, 0.05) is 23.1 Å². The largest absolute Gasteiger partial charge is 0.868 e. The highest BCUT2D eigenvalue weighted by atomic mass is 32.2. The van der Waals surface area contributed by atoms with Gasteiger partial charge in [-0.05, 0) is 37.9 Å². The number of pyridine rings is 1. The molecule has 1 fully saturated rings. The fourth-order valence-corrected chi connectivity index (χ4v) is 5.65. The molecule has 0 spiro atoms. The van der Waals surface area contributed by atoms with Crippen LogP contribution in [0, 0.1) is 0 Å². The molecule has 0 amide bonds. The summed E-state index contributed by atoms with van der Waals surface area (Å²) >= 11 is 0. The predicted molar refractivity (Wildman–Crippen MR) is 79.0 cm³/mol. The Morgan fingerprint density at radius 1 is 1.24 bits per heavy atom. The van der Waals surface area contributed by atoms with Crippen LogP contribution < -0.4 is 10.7 Å². The van der Waals surface area contributed by atoms with E-state index in [-0.39, 0.29) is 27.8 Å². The Hall–Kier alpha value is -1.43. The molecule has 0 N–H and O–H groups in total. The Bertz CT molecular complexity index is 632. The first-order chi connectivity index (χ1) is 10.1. The number of hydrogen-bond acceptors (Lipinski definition) is 4. The standard InChI is InChI=1S/C15H19NO4S/c1-20-15(19)11-10-6-2-3-7-16(10)14(18)13(12(11)17)21-8-4-5-9-21/h2-9H2,1H3. The molecule has 2 aliphatic heterocycles. The van der Waals surface area contributed by atoms with Gasteiger partial charge in [0.2, 0.25) is 4.90 Å². The lowest BCUT2D eigenvalue weighted by Gasteiger charge is -2.25. The topological polar surface area (TPSA) is 71.4 Å². The van der Waals surface area contributed by atoms with Crippen molar-refractivity contribution in [3.63, 3.8) is 0 Å². The van der Waals surface area contributed by atoms with Gasteiger partial charge in [-0.2, -0.15) is 0 Å². The maximum Gasteiger partial charge on any atom is 0.339 e. The first-order valence-electron chi connectivity index (χ1n) is 7.37. The van der Waals surface area contributed by atoms with Crippen molar-refractivity contribution in [3.8, 4) is 5.75 Å². The minimum atomic E-state index is -0.602. The first-order valence-corrected chi connectivity index (χ1v) is 8.94. The van der Waals surface area contributed by atoms with E-state index in [1.54, 1.807) is 4.57 Å². The van der Waals surface area contributed by atoms with Crippen molar-refractivity contribution in [1.82, 2.24) is 4.57 Å². The summed E-state index contributed by atoms with van der Waals surface area (Å²) in [6.07, 6.45) is 4.52. The molecule has 1 aromatic heterocycles. The van der Waals surface area contributed by atoms with E-state index in [1.165, 1.54) is 7.11 Å². The summed E-state index contributed by atoms with van der Waals surface area (Å²) in [6, 6.07) is 0. The second-order valence-corrected chi connectivity index (χ2v) is 7.70. The number of hydrogen-bond donors (Lipinski definition) is 0. The molecule has 1 saturated heterocycles. The third-order valence-electron chi connectivity index (χ3n) is 4.24. The molecule has 1 aromatic rings. The zero-order valence-corrected chi connectivity index (χ0v) is 13.0. The van der Waals surface area contributed by atoms with Gasteiger partial charge in [-0.3, -0.25) is 4.79 Å². The van der Waals surface area contributed by atoms with Crippen molar-refractivity contribution in [2.24, 2.45) is 0 Å². The average molecular weight is 309 g/mol. The van der Waals surface area contributed by atoms with Gasteiger partial charge in [0.15, 0.2) is 0 Å². The Morgan fingerprint density at radius 3 is 2.62 bits per heavy atom. The van der Waals surface area contributed by atoms with E-state index in [0.29, 0.717) is 23.6 Å². The molecule has 21 heavy (non-hydrogen) atoms. The minimum absolute atomic E-state index is 0.103. The van der Waals surface area contributed by atoms with Crippen LogP contribution in [0.3, 0.4) is 0 Å². The lowest BCUT2D eigenvalue weighted by molar-refractivity contribution is -0.273. The third-order valence-corrected chi connectivity index (χ3v) is 6.74. The maximum absolute atomic E-state index is 12.7. The van der Waals surface area contributed by atoms with Gasteiger partial charge in [0.05, 0.1) is 12.7 Å². The quantitative estimate of drug-likeness (QED) is 0.599. The minimum Gasteiger partial charge on any atom is -0.868 e. The summed E-state index contributed by atoms with van der Waals surface area (Å²) in [6.45, 7) is 0.600. The molecule has 0 saturated carbocycles. The van der Waals surface area contributed by atoms with Crippen LogP contribution in [0.4, 0.5) is 0 Å². The van der Waals surface area contributed by atoms with Crippen molar-refractivity contribution in [2.75, 3.05) is 18.6 Å². The molecule has 0 radical (unpaired) electrons. The molecule has 3 rings (SSSR count). The van der Waals surface area contributed by atoms with Crippen LogP contribution in [-0.2, 0) is 28.6 Å². The van der Waals surface area contributed by atoms with Crippen LogP contribution in [0.5, 0.6) is 5.75 Å². The van der Waals surface area contributed by atoms with Crippen molar-refractivity contribution < 1.29 is 14.6 Å². The number of fused-ring (bicyclic) bond motifs is 1. The molecule has 0 aromatic carbocycles. The Labute approximate surface area is 126 Å². The fraction of sp³-hybridized carbons (Fsp3) is 0.600. The highest BCUT2D eigenvalue weighted by Gasteiger charge is 2.35. The van der Waals surface area contributed by atoms with Gasteiger partial charge in [0.1, 0.15) is 11.5 Å². The summed E-state index contributed by atoms with van der Waals surface area (Å²) in [4.78, 5) is 25.1. The van der Waals surface area contributed by atoms with E-state index >= 15 is 0 Å². The number of carbonyl (C=O) groups is 1. The molecule has 0 bridgehead atoms. The lowest BCUT2D eigenvalue weighted by atomic mass is 10.0. The van der Waals surface area contributed by atoms with Crippen LogP contribution in [0.15, 0.2) is 9.69 Å². The third kappa shape index (κ3) is 2.35. The van der Waals surface area contributed by atoms with Crippen LogP contribution in [0.2, 0.25) is 0 Å². The zero-order chi connectivity index (χ0) is 15.0. The number of methoxy groups -OCH3 is 1. The van der Waals surface area contributed by atoms with Crippen molar-refractivity contribution in [2.45, 2.75) is 43.5 Å². The van der Waals surface area contributed by atoms with Gasteiger partial charge in [-0.15, -0.1) is 0 Å². The Kier molecular flexibility index (Phi) is 3.97. The zero-order valence-electron chi connectivity index (χ0n) is 12.1. The summed E-state index contributed by atoms with van der Waals surface area (Å²) in [5, 5.41) is 12.7. The summed E-state index contributed by atoms with van der Waals surface area (Å²) in [5.41, 5.74) is 0.522. The average Bonchev–Trinajstić information content (AvgIpc) is 3.01. The molecule has 3 heterocycles. The van der Waals surface area contributed by atoms with E-state index in [9.17, 15) is 14.7 Å². The normalized spacial score (nSPS) is 18.5. The van der Waals surface area contributed by atoms with Crippen molar-refractivity contribution in [3.05, 3.63) is 21.6 Å². The molecule has 5 nitrogen and oxygen atoms in total. The SMILES string of the molecule is COC(=O)c1c([O-])c([S+]2CCCC2)c(=O)n2c1CCCC2. The van der Waals surface area contributed by atoms with Crippen molar-refractivity contribution >= 4 is 16.9 Å². The second-order valence-electron chi connectivity index (χ2n) is 5.49. The van der Waals surface area contributed by atoms with Gasteiger partial charge < -0.3 is 14.4 Å². The van der Waals surface area contributed by atoms with Crippen molar-refractivity contribution in [1.29, 1.82) is 0 Å². The molecular formula is C15H19NO4S. The molecule has 0 atom stereocenters. The van der Waals surface area contributed by atoms with Crippen LogP contribution in [-0.4, -0.2) is 29.2 Å². The van der Waals surface area contributed by atoms with E-state index in [4.69, 9.17) is 4.74 Å². The molecule has 2 aliphatic rings. The fourth-order valence-electron chi connectivity index (χ4n) is 3.21. The van der Waals surface area contributed by atoms with Gasteiger partial charge in [-0.1, -0.05) is 0 Å². The number of rotatable bonds is 2. The van der Waals surface area contributed by atoms with Crippen LogP contribution in [0.1, 0.15) is 41.7 Å². The molecule has 6 heteroatoms. The summed E-state index contributed by atoms with van der Waals surface area (Å²) < 4.78 is 6.44. The van der Waals surface area contributed by atoms with E-state index in [2.05, 4.69) is 0 Å². The molecule has 0 unspecified atom stereocenters. The predicted octanol–water partition coefficient (Wildman–Crippen LogP) is 0.816. The smallest absolute Gasteiger partial charge is 0.339 e. The number of carbonyl (C=O) groups excluding carboxylic acids is 1. The summed E-state index contributed by atoms with van der Waals surface area (Å²) in [7, 11) is 0.988. The summed E-state index contributed by atoms with van der Waals surface area (Å²) in [5.74, 6) is 0.814. The van der Waals surface area contributed by atoms with E-state index in [1.807, 2.05) is 0 Å². The number of ether oxygens (including phenoxy) is 1. The number of esters is 1. The van der Waals surface area contributed by atoms with Crippen LogP contribution >= 0.6 is 0 Å². The highest BCUT2D eigenvalue weighted by Crippen LogP contribution is 2.32. The molecular weight excluding hydrogens is 290 g/mol. The van der Waals surface area contributed by atoms with Gasteiger partial charge >= 0.3 is 11.5 Å². The Morgan fingerprint density at radius 2 is 1.95 bits per heavy atom. The van der Waals surface area contributed by atoms with E-state index < -0.39 is 5.97 Å². The van der Waals surface area contributed by atoms with Gasteiger partial charge in [0.25, 0.3) is 0 Å². The Balaban J connectivity index is 2.25. The molecule has 114 valence electrons. The maximum atomic E-state index is 12.7. The van der Waals surface area contributed by atoms with Crippen LogP contribution in [0.25, 0.3) is 0 Å².